The van der Waals surface area contributed by atoms with Crippen LogP contribution in [0.25, 0.3) is 0 Å². The van der Waals surface area contributed by atoms with Gasteiger partial charge in [0.15, 0.2) is 6.61 Å². The first kappa shape index (κ1) is 21.5. The van der Waals surface area contributed by atoms with Gasteiger partial charge in [0.1, 0.15) is 18.1 Å². The van der Waals surface area contributed by atoms with Gasteiger partial charge in [0.05, 0.1) is 10.6 Å². The number of non-ortho nitro benzene ring substituents is 1. The molecular formula is C23H21N3O5. The van der Waals surface area contributed by atoms with Crippen LogP contribution in [0.5, 0.6) is 11.5 Å². The highest BCUT2D eigenvalue weighted by atomic mass is 16.6. The molecule has 1 amide bonds. The summed E-state index contributed by atoms with van der Waals surface area (Å²) < 4.78 is 11.1. The van der Waals surface area contributed by atoms with Crippen LogP contribution in [0.3, 0.4) is 0 Å². The number of rotatable bonds is 9. The van der Waals surface area contributed by atoms with Crippen LogP contribution in [0.1, 0.15) is 18.1 Å². The Morgan fingerprint density at radius 3 is 2.19 bits per heavy atom. The molecule has 8 heteroatoms. The molecule has 0 aliphatic carbocycles. The molecule has 0 aromatic heterocycles. The summed E-state index contributed by atoms with van der Waals surface area (Å²) in [6.45, 7) is 2.00. The quantitative estimate of drug-likeness (QED) is 0.320. The second-order valence-corrected chi connectivity index (χ2v) is 6.57. The van der Waals surface area contributed by atoms with E-state index in [1.54, 1.807) is 6.92 Å². The summed E-state index contributed by atoms with van der Waals surface area (Å²) in [5.74, 6) is 0.647. The number of carbonyl (C=O) groups is 1. The van der Waals surface area contributed by atoms with Gasteiger partial charge in [0, 0.05) is 12.1 Å². The van der Waals surface area contributed by atoms with Gasteiger partial charge in [0.25, 0.3) is 11.6 Å². The van der Waals surface area contributed by atoms with Gasteiger partial charge in [-0.1, -0.05) is 30.3 Å². The van der Waals surface area contributed by atoms with Crippen molar-refractivity contribution in [2.45, 2.75) is 13.5 Å². The van der Waals surface area contributed by atoms with Crippen LogP contribution in [-0.2, 0) is 11.4 Å². The molecule has 3 aromatic rings. The Balaban J connectivity index is 1.46. The molecular weight excluding hydrogens is 398 g/mol. The summed E-state index contributed by atoms with van der Waals surface area (Å²) in [5, 5.41) is 14.7. The van der Waals surface area contributed by atoms with Gasteiger partial charge in [-0.2, -0.15) is 5.10 Å². The molecule has 0 spiro atoms. The molecule has 8 nitrogen and oxygen atoms in total. The van der Waals surface area contributed by atoms with Crippen LogP contribution in [0.4, 0.5) is 5.69 Å². The lowest BCUT2D eigenvalue weighted by molar-refractivity contribution is -0.384. The van der Waals surface area contributed by atoms with Crippen molar-refractivity contribution in [3.63, 3.8) is 0 Å². The van der Waals surface area contributed by atoms with E-state index in [0.29, 0.717) is 18.1 Å². The van der Waals surface area contributed by atoms with E-state index < -0.39 is 10.8 Å². The van der Waals surface area contributed by atoms with Crippen molar-refractivity contribution in [2.24, 2.45) is 5.10 Å². The number of carbonyl (C=O) groups excluding carboxylic acids is 1. The summed E-state index contributed by atoms with van der Waals surface area (Å²) in [5.41, 5.74) is 4.93. The van der Waals surface area contributed by atoms with E-state index in [-0.39, 0.29) is 12.3 Å². The zero-order chi connectivity index (χ0) is 22.1. The largest absolute Gasteiger partial charge is 0.489 e. The fourth-order valence-electron chi connectivity index (χ4n) is 2.59. The number of nitro benzene ring substituents is 1. The number of nitrogens with zero attached hydrogens (tertiary/aromatic N) is 2. The molecule has 158 valence electrons. The first-order chi connectivity index (χ1) is 15.0. The van der Waals surface area contributed by atoms with E-state index in [9.17, 15) is 14.9 Å². The van der Waals surface area contributed by atoms with Crippen LogP contribution in [-0.4, -0.2) is 23.1 Å². The predicted octanol–water partition coefficient (Wildman–Crippen LogP) is 4.09. The zero-order valence-electron chi connectivity index (χ0n) is 16.9. The molecule has 0 aliphatic rings. The minimum absolute atomic E-state index is 0.0477. The Labute approximate surface area is 179 Å². The number of ether oxygens (including phenoxy) is 2. The molecule has 3 rings (SSSR count). The molecule has 1 N–H and O–H groups in total. The van der Waals surface area contributed by atoms with Gasteiger partial charge in [-0.25, -0.2) is 5.43 Å². The van der Waals surface area contributed by atoms with Crippen molar-refractivity contribution in [2.75, 3.05) is 6.61 Å². The van der Waals surface area contributed by atoms with Gasteiger partial charge in [0.2, 0.25) is 0 Å². The first-order valence-corrected chi connectivity index (χ1v) is 9.49. The number of amides is 1. The molecule has 0 heterocycles. The van der Waals surface area contributed by atoms with Crippen LogP contribution in [0.15, 0.2) is 84.0 Å². The summed E-state index contributed by atoms with van der Waals surface area (Å²) >= 11 is 0. The van der Waals surface area contributed by atoms with Gasteiger partial charge in [-0.15, -0.1) is 0 Å². The smallest absolute Gasteiger partial charge is 0.277 e. The Kier molecular flexibility index (Phi) is 7.31. The van der Waals surface area contributed by atoms with E-state index in [1.807, 2.05) is 54.6 Å². The van der Waals surface area contributed by atoms with E-state index in [1.165, 1.54) is 24.3 Å². The molecule has 0 unspecified atom stereocenters. The number of hydrogen-bond donors (Lipinski definition) is 1. The van der Waals surface area contributed by atoms with Crippen LogP contribution in [0, 0.1) is 10.1 Å². The van der Waals surface area contributed by atoms with Gasteiger partial charge in [-0.3, -0.25) is 14.9 Å². The van der Waals surface area contributed by atoms with Gasteiger partial charge >= 0.3 is 0 Å². The number of nitrogens with one attached hydrogen (secondary N) is 1. The Morgan fingerprint density at radius 2 is 1.55 bits per heavy atom. The van der Waals surface area contributed by atoms with Crippen LogP contribution < -0.4 is 14.9 Å². The Hall–Kier alpha value is -4.20. The van der Waals surface area contributed by atoms with E-state index >= 15 is 0 Å². The normalized spacial score (nSPS) is 10.9. The summed E-state index contributed by atoms with van der Waals surface area (Å²) in [7, 11) is 0. The van der Waals surface area contributed by atoms with Crippen molar-refractivity contribution in [1.29, 1.82) is 0 Å². The van der Waals surface area contributed by atoms with Crippen molar-refractivity contribution in [3.05, 3.63) is 100 Å². The second-order valence-electron chi connectivity index (χ2n) is 6.57. The minimum Gasteiger partial charge on any atom is -0.489 e. The molecule has 0 atom stereocenters. The summed E-state index contributed by atoms with van der Waals surface area (Å²) in [4.78, 5) is 22.1. The van der Waals surface area contributed by atoms with Crippen molar-refractivity contribution in [3.8, 4) is 11.5 Å². The molecule has 0 saturated carbocycles. The Bertz CT molecular complexity index is 1050. The average Bonchev–Trinajstić information content (AvgIpc) is 2.81. The Morgan fingerprint density at radius 1 is 0.935 bits per heavy atom. The maximum absolute atomic E-state index is 11.9. The predicted molar refractivity (Wildman–Crippen MR) is 116 cm³/mol. The molecule has 31 heavy (non-hydrogen) atoms. The summed E-state index contributed by atoms with van der Waals surface area (Å²) in [6, 6.07) is 22.8. The van der Waals surface area contributed by atoms with E-state index in [0.717, 1.165) is 16.9 Å². The van der Waals surface area contributed by atoms with Gasteiger partial charge in [-0.05, 0) is 54.4 Å². The molecule has 0 saturated heterocycles. The second kappa shape index (κ2) is 10.5. The summed E-state index contributed by atoms with van der Waals surface area (Å²) in [6.07, 6.45) is 0. The monoisotopic (exact) mass is 419 g/mol. The van der Waals surface area contributed by atoms with Crippen LogP contribution >= 0.6 is 0 Å². The number of nitro groups is 1. The number of hydrogen-bond acceptors (Lipinski definition) is 6. The minimum atomic E-state index is -0.504. The molecule has 0 radical (unpaired) electrons. The van der Waals surface area contributed by atoms with Crippen molar-refractivity contribution < 1.29 is 19.2 Å². The first-order valence-electron chi connectivity index (χ1n) is 9.49. The zero-order valence-corrected chi connectivity index (χ0v) is 16.9. The molecule has 0 bridgehead atoms. The standard InChI is InChI=1S/C23H21N3O5/c1-17(19-7-11-21(12-8-19)30-15-18-5-3-2-4-6-18)24-25-23(27)16-31-22-13-9-20(10-14-22)26(28)29/h2-14H,15-16H2,1H3,(H,25,27). The van der Waals surface area contributed by atoms with E-state index in [4.69, 9.17) is 9.47 Å². The third-order valence-corrected chi connectivity index (χ3v) is 4.29. The van der Waals surface area contributed by atoms with E-state index in [2.05, 4.69) is 10.5 Å². The topological polar surface area (TPSA) is 103 Å². The SMILES string of the molecule is CC(=NNC(=O)COc1ccc([N+](=O)[O-])cc1)c1ccc(OCc2ccccc2)cc1. The lowest BCUT2D eigenvalue weighted by Crippen LogP contribution is -2.25. The molecule has 0 fully saturated rings. The highest BCUT2D eigenvalue weighted by molar-refractivity contribution is 5.99. The number of hydrazone groups is 1. The fourth-order valence-corrected chi connectivity index (χ4v) is 2.59. The van der Waals surface area contributed by atoms with Crippen LogP contribution in [0.2, 0.25) is 0 Å². The third-order valence-electron chi connectivity index (χ3n) is 4.29. The fraction of sp³-hybridized carbons (Fsp3) is 0.130. The highest BCUT2D eigenvalue weighted by Gasteiger charge is 2.07. The van der Waals surface area contributed by atoms with Gasteiger partial charge < -0.3 is 9.47 Å². The molecule has 3 aromatic carbocycles. The van der Waals surface area contributed by atoms with Crippen molar-refractivity contribution >= 4 is 17.3 Å². The lowest BCUT2D eigenvalue weighted by atomic mass is 10.1. The maximum Gasteiger partial charge on any atom is 0.277 e. The lowest BCUT2D eigenvalue weighted by Gasteiger charge is -2.08. The van der Waals surface area contributed by atoms with Crippen molar-refractivity contribution in [1.82, 2.24) is 5.43 Å². The average molecular weight is 419 g/mol. The highest BCUT2D eigenvalue weighted by Crippen LogP contribution is 2.17. The molecule has 0 aliphatic heterocycles. The third kappa shape index (κ3) is 6.67. The number of benzene rings is 3. The maximum atomic E-state index is 11.9.